The maximum absolute atomic E-state index is 13.6. The molecule has 14 heteroatoms. The summed E-state index contributed by atoms with van der Waals surface area (Å²) in [5.74, 6) is -0.205. The summed E-state index contributed by atoms with van der Waals surface area (Å²) >= 11 is 11.0. The van der Waals surface area contributed by atoms with Gasteiger partial charge in [-0.1, -0.05) is 75.2 Å². The molecule has 3 N–H and O–H groups in total. The van der Waals surface area contributed by atoms with Crippen molar-refractivity contribution in [3.05, 3.63) is 118 Å². The predicted molar refractivity (Wildman–Crippen MR) is 249 cm³/mol. The van der Waals surface area contributed by atoms with Crippen molar-refractivity contribution in [3.8, 4) is 5.75 Å². The summed E-state index contributed by atoms with van der Waals surface area (Å²) in [5, 5.41) is 4.41. The molecular formula is C45H54ClI2N3O8. The number of likely N-dealkylation sites (N-methyl/N-ethyl adjacent to an activating group) is 1. The number of esters is 2. The Morgan fingerprint density at radius 2 is 1.61 bits per heavy atom. The van der Waals surface area contributed by atoms with E-state index in [2.05, 4.69) is 76.2 Å². The number of allylic oxidation sites excluding steroid dienone is 1. The highest BCUT2D eigenvalue weighted by molar-refractivity contribution is 14.1. The third-order valence-electron chi connectivity index (χ3n) is 9.73. The minimum Gasteiger partial charge on any atom is -0.490 e. The molecule has 0 fully saturated rings. The molecule has 0 spiro atoms. The van der Waals surface area contributed by atoms with Crippen LogP contribution in [0.5, 0.6) is 5.75 Å². The maximum atomic E-state index is 13.6. The van der Waals surface area contributed by atoms with E-state index in [9.17, 15) is 14.4 Å². The van der Waals surface area contributed by atoms with Gasteiger partial charge in [-0.2, -0.15) is 0 Å². The molecule has 59 heavy (non-hydrogen) atoms. The number of carbonyl (C=O) groups is 3. The van der Waals surface area contributed by atoms with E-state index in [-0.39, 0.29) is 24.6 Å². The van der Waals surface area contributed by atoms with Crippen LogP contribution in [0.4, 0.5) is 0 Å². The highest BCUT2D eigenvalue weighted by Gasteiger charge is 2.39. The summed E-state index contributed by atoms with van der Waals surface area (Å²) in [4.78, 5) is 41.4. The number of halogens is 3. The minimum absolute atomic E-state index is 0.0153. The number of nitrogens with one attached hydrogen (secondary N) is 1. The molecule has 2 heterocycles. The highest BCUT2D eigenvalue weighted by atomic mass is 127. The third kappa shape index (κ3) is 12.3. The summed E-state index contributed by atoms with van der Waals surface area (Å²) in [6.07, 6.45) is 2.82. The summed E-state index contributed by atoms with van der Waals surface area (Å²) in [5.41, 5.74) is 9.85. The SMILES string of the molecule is CCCCc1oc2ccccc2c1C(=O)c1cc(I)c(OCCN(CC)CC)c(I)c1.CCOC(=O)C1=C(COCCN)NC(C)=C(C(=O)OC)C1c1ccccc1Cl. The van der Waals surface area contributed by atoms with E-state index in [1.54, 1.807) is 38.1 Å². The van der Waals surface area contributed by atoms with E-state index >= 15 is 0 Å². The second kappa shape index (κ2) is 24.1. The molecule has 0 radical (unpaired) electrons. The van der Waals surface area contributed by atoms with Crippen molar-refractivity contribution in [2.24, 2.45) is 5.73 Å². The van der Waals surface area contributed by atoms with Crippen LogP contribution in [-0.4, -0.2) is 82.3 Å². The maximum Gasteiger partial charge on any atom is 0.336 e. The number of carbonyl (C=O) groups excluding carboxylic acids is 3. The number of hydrogen-bond acceptors (Lipinski definition) is 11. The van der Waals surface area contributed by atoms with Crippen LogP contribution in [0.15, 0.2) is 87.6 Å². The molecule has 11 nitrogen and oxygen atoms in total. The largest absolute Gasteiger partial charge is 0.490 e. The molecule has 318 valence electrons. The van der Waals surface area contributed by atoms with Crippen LogP contribution in [-0.2, 0) is 30.2 Å². The average molecular weight is 1050 g/mol. The van der Waals surface area contributed by atoms with Crippen molar-refractivity contribution >= 4 is 85.5 Å². The number of furan rings is 1. The number of para-hydroxylation sites is 1. The smallest absolute Gasteiger partial charge is 0.336 e. The van der Waals surface area contributed by atoms with Gasteiger partial charge in [-0.05, 0) is 108 Å². The highest BCUT2D eigenvalue weighted by Crippen LogP contribution is 2.42. The van der Waals surface area contributed by atoms with E-state index in [0.717, 1.165) is 68.5 Å². The van der Waals surface area contributed by atoms with E-state index in [1.165, 1.54) is 7.11 Å². The standard InChI is InChI=1S/C25H29I2NO3.C20H25ClN2O5/c1-4-7-11-22-23(18-10-8-9-12-21(18)31-22)24(29)17-15-19(26)25(20(27)16-17)30-14-13-28(5-2)6-3;1-4-28-20(25)18-15(11-27-10-9-22)23-12(2)16(19(24)26-3)17(18)13-7-5-6-8-14(13)21/h8-10,12,15-16H,4-7,11,13-14H2,1-3H3;5-8,17,23H,4,9-11,22H2,1-3H3. The van der Waals surface area contributed by atoms with Gasteiger partial charge in [-0.3, -0.25) is 4.79 Å². The van der Waals surface area contributed by atoms with Crippen LogP contribution in [0.3, 0.4) is 0 Å². The van der Waals surface area contributed by atoms with Crippen LogP contribution in [0.25, 0.3) is 11.0 Å². The molecule has 1 aromatic heterocycles. The lowest BCUT2D eigenvalue weighted by Gasteiger charge is -2.31. The summed E-state index contributed by atoms with van der Waals surface area (Å²) < 4.78 is 29.9. The zero-order valence-electron chi connectivity index (χ0n) is 34.6. The van der Waals surface area contributed by atoms with Gasteiger partial charge in [0.15, 0.2) is 5.78 Å². The number of methoxy groups -OCH3 is 1. The molecule has 1 atom stereocenters. The van der Waals surface area contributed by atoms with Crippen molar-refractivity contribution < 1.29 is 37.7 Å². The summed E-state index contributed by atoms with van der Waals surface area (Å²) in [7, 11) is 1.29. The second-order valence-electron chi connectivity index (χ2n) is 13.5. The number of nitrogens with two attached hydrogens (primary N) is 1. The molecule has 1 aliphatic heterocycles. The van der Waals surface area contributed by atoms with Crippen molar-refractivity contribution in [3.63, 3.8) is 0 Å². The fourth-order valence-electron chi connectivity index (χ4n) is 6.77. The van der Waals surface area contributed by atoms with Crippen LogP contribution in [0, 0.1) is 7.14 Å². The van der Waals surface area contributed by atoms with Crippen LogP contribution in [0.1, 0.15) is 80.6 Å². The van der Waals surface area contributed by atoms with Gasteiger partial charge in [0.2, 0.25) is 0 Å². The van der Waals surface area contributed by atoms with E-state index in [4.69, 9.17) is 40.7 Å². The molecule has 1 aliphatic rings. The Hall–Kier alpha value is -3.48. The van der Waals surface area contributed by atoms with E-state index in [1.807, 2.05) is 36.4 Å². The van der Waals surface area contributed by atoms with Gasteiger partial charge >= 0.3 is 11.9 Å². The number of ketones is 1. The van der Waals surface area contributed by atoms with Crippen molar-refractivity contribution in [2.45, 2.75) is 59.8 Å². The normalized spacial score (nSPS) is 13.9. The first-order valence-corrected chi connectivity index (χ1v) is 22.4. The number of fused-ring (bicyclic) bond motifs is 1. The lowest BCUT2D eigenvalue weighted by atomic mass is 9.80. The molecule has 1 unspecified atom stereocenters. The first kappa shape index (κ1) is 48.2. The Morgan fingerprint density at radius 1 is 0.932 bits per heavy atom. The molecule has 0 amide bonds. The molecule has 0 saturated carbocycles. The Kier molecular flexibility index (Phi) is 19.7. The molecule has 5 rings (SSSR count). The average Bonchev–Trinajstić information content (AvgIpc) is 3.60. The summed E-state index contributed by atoms with van der Waals surface area (Å²) in [6.45, 7) is 14.4. The van der Waals surface area contributed by atoms with Gasteiger partial charge in [-0.25, -0.2) is 9.59 Å². The van der Waals surface area contributed by atoms with Crippen LogP contribution < -0.4 is 15.8 Å². The van der Waals surface area contributed by atoms with Crippen molar-refractivity contribution in [1.29, 1.82) is 0 Å². The molecule has 0 saturated heterocycles. The van der Waals surface area contributed by atoms with Gasteiger partial charge in [-0.15, -0.1) is 0 Å². The van der Waals surface area contributed by atoms with E-state index in [0.29, 0.717) is 58.4 Å². The van der Waals surface area contributed by atoms with Gasteiger partial charge in [0, 0.05) is 41.2 Å². The number of dihydropyridines is 1. The number of unbranched alkanes of at least 4 members (excludes halogenated alkanes) is 1. The first-order valence-electron chi connectivity index (χ1n) is 19.8. The fraction of sp³-hybridized carbons (Fsp3) is 0.400. The monoisotopic (exact) mass is 1050 g/mol. The topological polar surface area (TPSA) is 143 Å². The quantitative estimate of drug-likeness (QED) is 0.0402. The molecule has 3 aromatic carbocycles. The number of benzene rings is 3. The van der Waals surface area contributed by atoms with Crippen LogP contribution in [0.2, 0.25) is 5.02 Å². The van der Waals surface area contributed by atoms with Crippen molar-refractivity contribution in [2.75, 3.05) is 59.7 Å². The Bertz CT molecular complexity index is 2120. The molecule has 0 aliphatic carbocycles. The predicted octanol–water partition coefficient (Wildman–Crippen LogP) is 9.20. The Morgan fingerprint density at radius 3 is 2.24 bits per heavy atom. The minimum atomic E-state index is -0.752. The fourth-order valence-corrected chi connectivity index (χ4v) is 9.09. The van der Waals surface area contributed by atoms with Gasteiger partial charge in [0.05, 0.1) is 62.4 Å². The van der Waals surface area contributed by atoms with Crippen molar-refractivity contribution in [1.82, 2.24) is 10.2 Å². The summed E-state index contributed by atoms with van der Waals surface area (Å²) in [6, 6.07) is 18.7. The van der Waals surface area contributed by atoms with Gasteiger partial charge in [0.1, 0.15) is 23.7 Å². The lowest BCUT2D eigenvalue weighted by molar-refractivity contribution is -0.139. The Labute approximate surface area is 379 Å². The number of nitrogens with zero attached hydrogens (tertiary/aromatic N) is 1. The number of ether oxygens (including phenoxy) is 4. The van der Waals surface area contributed by atoms with Crippen LogP contribution >= 0.6 is 56.8 Å². The number of rotatable bonds is 19. The van der Waals surface area contributed by atoms with Gasteiger partial charge < -0.3 is 39.3 Å². The molecule has 0 bridgehead atoms. The van der Waals surface area contributed by atoms with Gasteiger partial charge in [0.25, 0.3) is 0 Å². The molecule has 4 aromatic rings. The molecular weight excluding hydrogens is 1000 g/mol. The first-order chi connectivity index (χ1) is 28.4. The number of aryl methyl sites for hydroxylation is 1. The zero-order valence-corrected chi connectivity index (χ0v) is 39.6. The third-order valence-corrected chi connectivity index (χ3v) is 11.7. The second-order valence-corrected chi connectivity index (χ2v) is 16.3. The zero-order chi connectivity index (χ0) is 43.1. The Balaban J connectivity index is 0.000000262. The van der Waals surface area contributed by atoms with E-state index < -0.39 is 17.9 Å². The lowest BCUT2D eigenvalue weighted by Crippen LogP contribution is -2.35. The number of hydrogen-bond donors (Lipinski definition) is 2.